The lowest BCUT2D eigenvalue weighted by Crippen LogP contribution is -2.31. The van der Waals surface area contributed by atoms with Crippen LogP contribution in [0.15, 0.2) is 208 Å². The summed E-state index contributed by atoms with van der Waals surface area (Å²) >= 11 is 0. The molecule has 0 saturated heterocycles. The minimum Gasteiger partial charge on any atom is -0.545 e. The van der Waals surface area contributed by atoms with Gasteiger partial charge in [-0.05, 0) is 64.2 Å². The summed E-state index contributed by atoms with van der Waals surface area (Å²) < 4.78 is 11.8. The maximum atomic E-state index is 6.56. The van der Waals surface area contributed by atoms with Gasteiger partial charge in [0.1, 0.15) is 17.0 Å². The lowest BCUT2D eigenvalue weighted by Gasteiger charge is -2.26. The number of aliphatic imine (C=N–C) groups is 1. The third-order valence-electron chi connectivity index (χ3n) is 11.0. The number of rotatable bonds is 6. The highest BCUT2D eigenvalue weighted by Gasteiger charge is 2.26. The van der Waals surface area contributed by atoms with Crippen LogP contribution in [0.3, 0.4) is 0 Å². The van der Waals surface area contributed by atoms with Crippen LogP contribution >= 0.6 is 0 Å². The normalized spacial score (nSPS) is 14.2. The summed E-state index contributed by atoms with van der Waals surface area (Å²) in [5.41, 5.74) is 14.4. The van der Waals surface area contributed by atoms with Crippen molar-refractivity contribution in [1.29, 1.82) is 0 Å². The summed E-state index contributed by atoms with van der Waals surface area (Å²) in [6.07, 6.45) is 2.24. The topological polar surface area (TPSA) is 50.3 Å². The first-order valence-electron chi connectivity index (χ1n) is 19.0. The van der Waals surface area contributed by atoms with Crippen molar-refractivity contribution >= 4 is 55.4 Å². The maximum absolute atomic E-state index is 6.56. The van der Waals surface area contributed by atoms with Crippen molar-refractivity contribution in [3.63, 3.8) is 0 Å². The van der Waals surface area contributed by atoms with E-state index in [2.05, 4.69) is 181 Å². The Kier molecular flexibility index (Phi) is 7.52. The van der Waals surface area contributed by atoms with E-state index in [1.807, 2.05) is 18.2 Å². The van der Waals surface area contributed by atoms with E-state index in [0.717, 1.165) is 94.4 Å². The molecule has 0 amide bonds. The van der Waals surface area contributed by atoms with Crippen molar-refractivity contribution in [2.75, 3.05) is 0 Å². The molecule has 264 valence electrons. The van der Waals surface area contributed by atoms with E-state index < -0.39 is 0 Å². The first-order valence-corrected chi connectivity index (χ1v) is 19.0. The molecule has 0 spiro atoms. The molecule has 0 aliphatic carbocycles. The van der Waals surface area contributed by atoms with Gasteiger partial charge in [0.2, 0.25) is 0 Å². The number of hydrogen-bond acceptors (Lipinski definition) is 3. The SMILES string of the molecule is C1=C(c2ccccc2)N=C(c2cc(-c3cccc4c3oc3ccccc34)ccc2-c2cccc3c2[oH+]c2ccccc23)NC1c1ccc(-c2ccccc2)cc1. The number of furan rings is 2. The lowest BCUT2D eigenvalue weighted by atomic mass is 9.91. The zero-order valence-corrected chi connectivity index (χ0v) is 30.4. The number of fused-ring (bicyclic) bond motifs is 6. The van der Waals surface area contributed by atoms with Crippen molar-refractivity contribution in [3.05, 3.63) is 211 Å². The van der Waals surface area contributed by atoms with Crippen LogP contribution in [-0.4, -0.2) is 5.84 Å². The Balaban J connectivity index is 1.12. The molecule has 0 bridgehead atoms. The number of benzene rings is 8. The van der Waals surface area contributed by atoms with Gasteiger partial charge in [0.25, 0.3) is 11.2 Å². The van der Waals surface area contributed by atoms with Crippen molar-refractivity contribution in [2.45, 2.75) is 6.04 Å². The van der Waals surface area contributed by atoms with Crippen LogP contribution in [0.2, 0.25) is 0 Å². The molecule has 8 aromatic carbocycles. The molecular weight excluding hydrogens is 685 g/mol. The highest BCUT2D eigenvalue weighted by Crippen LogP contribution is 2.41. The van der Waals surface area contributed by atoms with Crippen LogP contribution in [0.5, 0.6) is 0 Å². The largest absolute Gasteiger partial charge is 0.545 e. The van der Waals surface area contributed by atoms with Crippen LogP contribution in [0.1, 0.15) is 22.7 Å². The number of nitrogens with zero attached hydrogens (tertiary/aromatic N) is 1. The predicted molar refractivity (Wildman–Crippen MR) is 232 cm³/mol. The highest BCUT2D eigenvalue weighted by atomic mass is 16.3. The van der Waals surface area contributed by atoms with Gasteiger partial charge in [0.05, 0.1) is 28.1 Å². The van der Waals surface area contributed by atoms with Gasteiger partial charge in [-0.15, -0.1) is 0 Å². The summed E-state index contributed by atoms with van der Waals surface area (Å²) in [4.78, 5) is 5.43. The molecule has 2 aromatic heterocycles. The van der Waals surface area contributed by atoms with Gasteiger partial charge in [0.15, 0.2) is 0 Å². The molecule has 1 atom stereocenters. The van der Waals surface area contributed by atoms with Gasteiger partial charge in [-0.2, -0.15) is 0 Å². The molecule has 1 unspecified atom stereocenters. The first-order chi connectivity index (χ1) is 27.7. The monoisotopic (exact) mass is 719 g/mol. The Hall–Kier alpha value is -7.43. The fourth-order valence-corrected chi connectivity index (χ4v) is 8.27. The fourth-order valence-electron chi connectivity index (χ4n) is 8.27. The van der Waals surface area contributed by atoms with E-state index in [-0.39, 0.29) is 6.04 Å². The third-order valence-corrected chi connectivity index (χ3v) is 11.0. The van der Waals surface area contributed by atoms with Gasteiger partial charge < -0.3 is 14.2 Å². The van der Waals surface area contributed by atoms with E-state index in [9.17, 15) is 0 Å². The molecule has 0 saturated carbocycles. The summed E-state index contributed by atoms with van der Waals surface area (Å²) in [6.45, 7) is 0. The van der Waals surface area contributed by atoms with E-state index >= 15 is 0 Å². The summed E-state index contributed by atoms with van der Waals surface area (Å²) in [5.74, 6) is 0.797. The minimum absolute atomic E-state index is 0.131. The molecule has 4 nitrogen and oxygen atoms in total. The van der Waals surface area contributed by atoms with Crippen LogP contribution < -0.4 is 5.32 Å². The van der Waals surface area contributed by atoms with Crippen molar-refractivity contribution in [2.24, 2.45) is 4.99 Å². The molecule has 10 aromatic rings. The second-order valence-corrected chi connectivity index (χ2v) is 14.4. The van der Waals surface area contributed by atoms with Crippen molar-refractivity contribution in [3.8, 4) is 33.4 Å². The molecule has 0 radical (unpaired) electrons. The zero-order chi connectivity index (χ0) is 37.0. The molecule has 11 rings (SSSR count). The predicted octanol–water partition coefficient (Wildman–Crippen LogP) is 13.7. The Labute approximate surface area is 323 Å². The van der Waals surface area contributed by atoms with Crippen LogP contribution in [0.4, 0.5) is 0 Å². The quantitative estimate of drug-likeness (QED) is 0.174. The van der Waals surface area contributed by atoms with Crippen LogP contribution in [0.25, 0.3) is 83.0 Å². The number of amidine groups is 1. The Bertz CT molecular complexity index is 3150. The highest BCUT2D eigenvalue weighted by molar-refractivity contribution is 6.15. The summed E-state index contributed by atoms with van der Waals surface area (Å²) in [5, 5.41) is 8.40. The average molecular weight is 720 g/mol. The summed E-state index contributed by atoms with van der Waals surface area (Å²) in [7, 11) is 0. The molecule has 4 heteroatoms. The molecule has 0 fully saturated rings. The van der Waals surface area contributed by atoms with Crippen molar-refractivity contribution in [1.82, 2.24) is 5.32 Å². The fraction of sp³-hybridized carbons (Fsp3) is 0.0192. The smallest absolute Gasteiger partial charge is 0.277 e. The standard InChI is InChI=1S/C52H34N2O2/c1-3-13-33(14-4-1)34-25-27-36(28-26-34)47-32-46(35-15-5-2-6-16-35)53-52(54-47)45-31-37(38-19-11-21-43-40-17-7-9-23-48(40)55-50(38)43)29-30-39(45)42-20-12-22-44-41-18-8-10-24-49(41)56-51(42)44/h1-32,47H,(H,53,54)/p+1. The average Bonchev–Trinajstić information content (AvgIpc) is 3.86. The van der Waals surface area contributed by atoms with E-state index in [1.54, 1.807) is 0 Å². The molecule has 1 aliphatic heterocycles. The number of para-hydroxylation sites is 4. The van der Waals surface area contributed by atoms with Gasteiger partial charge in [-0.1, -0.05) is 152 Å². The van der Waals surface area contributed by atoms with E-state index in [4.69, 9.17) is 13.8 Å². The molecule has 1 aliphatic rings. The van der Waals surface area contributed by atoms with Gasteiger partial charge >= 0.3 is 0 Å². The van der Waals surface area contributed by atoms with Gasteiger partial charge in [-0.3, -0.25) is 0 Å². The van der Waals surface area contributed by atoms with Crippen LogP contribution in [-0.2, 0) is 0 Å². The molecule has 2 N–H and O–H groups in total. The Morgan fingerprint density at radius 3 is 1.93 bits per heavy atom. The Morgan fingerprint density at radius 2 is 1.11 bits per heavy atom. The lowest BCUT2D eigenvalue weighted by molar-refractivity contribution is 0.669. The van der Waals surface area contributed by atoms with E-state index in [1.165, 1.54) is 11.1 Å². The van der Waals surface area contributed by atoms with Gasteiger partial charge in [-0.25, -0.2) is 4.99 Å². The third kappa shape index (κ3) is 5.42. The van der Waals surface area contributed by atoms with Gasteiger partial charge in [0, 0.05) is 33.5 Å². The second-order valence-electron chi connectivity index (χ2n) is 14.4. The Morgan fingerprint density at radius 1 is 0.464 bits per heavy atom. The van der Waals surface area contributed by atoms with E-state index in [0.29, 0.717) is 0 Å². The van der Waals surface area contributed by atoms with Crippen molar-refractivity contribution < 1.29 is 8.83 Å². The second kappa shape index (κ2) is 13.2. The maximum Gasteiger partial charge on any atom is 0.277 e. The molecule has 3 heterocycles. The molecular formula is C52H35N2O2+. The minimum atomic E-state index is -0.131. The summed E-state index contributed by atoms with van der Waals surface area (Å²) in [6, 6.07) is 66.0. The number of hydrogen-bond donors (Lipinski definition) is 1. The number of nitrogens with one attached hydrogen (secondary N) is 1. The first kappa shape index (κ1) is 32.0. The van der Waals surface area contributed by atoms with Crippen LogP contribution in [0, 0.1) is 0 Å². The molecule has 56 heavy (non-hydrogen) atoms. The zero-order valence-electron chi connectivity index (χ0n) is 30.4.